The molecule has 0 saturated heterocycles. The Morgan fingerprint density at radius 2 is 1.95 bits per heavy atom. The third-order valence-corrected chi connectivity index (χ3v) is 2.38. The number of carboxylic acid groups (broad SMARTS) is 1. The largest absolute Gasteiger partial charge is 0.480 e. The summed E-state index contributed by atoms with van der Waals surface area (Å²) < 4.78 is 4.94. The van der Waals surface area contributed by atoms with Crippen molar-refractivity contribution in [3.05, 3.63) is 35.9 Å². The van der Waals surface area contributed by atoms with Crippen molar-refractivity contribution >= 4 is 25.6 Å². The van der Waals surface area contributed by atoms with Gasteiger partial charge >= 0.3 is 12.1 Å². The molecular formula is C13H19NO4S. The number of benzene rings is 1. The molecule has 1 rings (SSSR count). The van der Waals surface area contributed by atoms with E-state index in [1.54, 1.807) is 0 Å². The average Bonchev–Trinajstić information content (AvgIpc) is 2.37. The van der Waals surface area contributed by atoms with E-state index in [1.165, 1.54) is 0 Å². The van der Waals surface area contributed by atoms with Gasteiger partial charge in [-0.25, -0.2) is 9.59 Å². The van der Waals surface area contributed by atoms with Gasteiger partial charge in [0.05, 0.1) is 0 Å². The lowest BCUT2D eigenvalue weighted by atomic mass is 10.2. The molecule has 0 aliphatic rings. The first kappa shape index (κ1) is 17.3. The van der Waals surface area contributed by atoms with Crippen LogP contribution in [0.3, 0.4) is 0 Å². The molecule has 0 heterocycles. The lowest BCUT2D eigenvalue weighted by molar-refractivity contribution is -0.139. The number of aliphatic carboxylic acids is 1. The molecule has 0 saturated carbocycles. The summed E-state index contributed by atoms with van der Waals surface area (Å²) in [5.74, 6) is -1.05. The van der Waals surface area contributed by atoms with Crippen LogP contribution in [0.25, 0.3) is 0 Å². The molecule has 2 N–H and O–H groups in total. The highest BCUT2D eigenvalue weighted by Crippen LogP contribution is 2.02. The van der Waals surface area contributed by atoms with Crippen LogP contribution in [0, 0.1) is 0 Å². The zero-order valence-electron chi connectivity index (χ0n) is 10.8. The fourth-order valence-electron chi connectivity index (χ4n) is 1.45. The Labute approximate surface area is 119 Å². The van der Waals surface area contributed by atoms with E-state index in [4.69, 9.17) is 9.84 Å². The number of hydrogen-bond donors (Lipinski definition) is 2. The van der Waals surface area contributed by atoms with Crippen LogP contribution in [0.15, 0.2) is 30.3 Å². The standard InChI is InChI=1S/C13H17NO4.H2S/c1-2-6-11(12(15)16)14-13(17)18-9-10-7-4-3-5-8-10;/h3-5,7-8,11H,2,6,9H2,1H3,(H,14,17)(H,15,16);1H2/t11-;/m0./s1. The quantitative estimate of drug-likeness (QED) is 0.840. The minimum absolute atomic E-state index is 0. The second-order valence-corrected chi connectivity index (χ2v) is 3.89. The minimum atomic E-state index is -1.05. The average molecular weight is 285 g/mol. The molecule has 1 atom stereocenters. The molecule has 0 bridgehead atoms. The Hall–Kier alpha value is -1.69. The van der Waals surface area contributed by atoms with Gasteiger partial charge < -0.3 is 15.2 Å². The molecule has 0 aliphatic carbocycles. The highest BCUT2D eigenvalue weighted by Gasteiger charge is 2.19. The Kier molecular flexibility index (Phi) is 8.44. The summed E-state index contributed by atoms with van der Waals surface area (Å²) in [5.41, 5.74) is 0.856. The van der Waals surface area contributed by atoms with E-state index in [-0.39, 0.29) is 20.1 Å². The second-order valence-electron chi connectivity index (χ2n) is 3.89. The Morgan fingerprint density at radius 3 is 2.47 bits per heavy atom. The zero-order chi connectivity index (χ0) is 13.4. The van der Waals surface area contributed by atoms with Gasteiger partial charge in [0.25, 0.3) is 0 Å². The van der Waals surface area contributed by atoms with E-state index < -0.39 is 18.1 Å². The SMILES string of the molecule is CCC[C@H](NC(=O)OCc1ccccc1)C(=O)O.S. The van der Waals surface area contributed by atoms with Crippen molar-refractivity contribution in [1.29, 1.82) is 0 Å². The molecular weight excluding hydrogens is 266 g/mol. The Bertz CT molecular complexity index is 397. The fourth-order valence-corrected chi connectivity index (χ4v) is 1.45. The third-order valence-electron chi connectivity index (χ3n) is 2.38. The van der Waals surface area contributed by atoms with Crippen molar-refractivity contribution in [2.45, 2.75) is 32.4 Å². The van der Waals surface area contributed by atoms with Gasteiger partial charge in [-0.2, -0.15) is 13.5 Å². The highest BCUT2D eigenvalue weighted by molar-refractivity contribution is 7.59. The van der Waals surface area contributed by atoms with Crippen molar-refractivity contribution in [3.8, 4) is 0 Å². The maximum absolute atomic E-state index is 11.4. The van der Waals surface area contributed by atoms with Gasteiger partial charge in [0, 0.05) is 0 Å². The van der Waals surface area contributed by atoms with E-state index in [0.29, 0.717) is 12.8 Å². The molecule has 6 heteroatoms. The molecule has 0 spiro atoms. The number of alkyl carbamates (subject to hydrolysis) is 1. The van der Waals surface area contributed by atoms with Gasteiger partial charge in [-0.3, -0.25) is 0 Å². The lowest BCUT2D eigenvalue weighted by Gasteiger charge is -2.13. The van der Waals surface area contributed by atoms with Crippen LogP contribution in [0.5, 0.6) is 0 Å². The molecule has 19 heavy (non-hydrogen) atoms. The van der Waals surface area contributed by atoms with Gasteiger partial charge in [-0.15, -0.1) is 0 Å². The highest BCUT2D eigenvalue weighted by atomic mass is 32.1. The summed E-state index contributed by atoms with van der Waals surface area (Å²) in [6.45, 7) is 1.98. The number of carboxylic acids is 1. The van der Waals surface area contributed by atoms with E-state index in [9.17, 15) is 9.59 Å². The van der Waals surface area contributed by atoms with Crippen molar-refractivity contribution in [2.24, 2.45) is 0 Å². The first-order valence-corrected chi connectivity index (χ1v) is 5.83. The molecule has 1 aromatic carbocycles. The van der Waals surface area contributed by atoms with Gasteiger partial charge in [0.1, 0.15) is 12.6 Å². The maximum atomic E-state index is 11.4. The first-order valence-electron chi connectivity index (χ1n) is 5.83. The van der Waals surface area contributed by atoms with Crippen molar-refractivity contribution < 1.29 is 19.4 Å². The number of rotatable bonds is 6. The number of nitrogens with one attached hydrogen (secondary N) is 1. The van der Waals surface area contributed by atoms with E-state index in [2.05, 4.69) is 5.32 Å². The summed E-state index contributed by atoms with van der Waals surface area (Å²) in [7, 11) is 0. The van der Waals surface area contributed by atoms with Crippen LogP contribution in [0.2, 0.25) is 0 Å². The van der Waals surface area contributed by atoms with Crippen LogP contribution in [0.1, 0.15) is 25.3 Å². The van der Waals surface area contributed by atoms with E-state index in [1.807, 2.05) is 37.3 Å². The van der Waals surface area contributed by atoms with E-state index in [0.717, 1.165) is 5.56 Å². The number of amides is 1. The predicted molar refractivity (Wildman–Crippen MR) is 76.5 cm³/mol. The van der Waals surface area contributed by atoms with Crippen molar-refractivity contribution in [3.63, 3.8) is 0 Å². The summed E-state index contributed by atoms with van der Waals surface area (Å²) in [5, 5.41) is 11.2. The maximum Gasteiger partial charge on any atom is 0.408 e. The van der Waals surface area contributed by atoms with Gasteiger partial charge in [-0.1, -0.05) is 43.7 Å². The van der Waals surface area contributed by atoms with Crippen LogP contribution in [-0.2, 0) is 16.1 Å². The number of hydrogen-bond acceptors (Lipinski definition) is 3. The van der Waals surface area contributed by atoms with Gasteiger partial charge in [0.2, 0.25) is 0 Å². The van der Waals surface area contributed by atoms with Crippen molar-refractivity contribution in [2.75, 3.05) is 0 Å². The topological polar surface area (TPSA) is 75.6 Å². The summed E-state index contributed by atoms with van der Waals surface area (Å²) >= 11 is 0. The molecule has 0 fully saturated rings. The number of carbonyl (C=O) groups excluding carboxylic acids is 1. The second kappa shape index (κ2) is 9.27. The normalized spacial score (nSPS) is 11.0. The third kappa shape index (κ3) is 6.71. The molecule has 0 radical (unpaired) electrons. The molecule has 1 aromatic rings. The first-order chi connectivity index (χ1) is 8.63. The van der Waals surface area contributed by atoms with Crippen LogP contribution in [-0.4, -0.2) is 23.2 Å². The summed E-state index contributed by atoms with van der Waals surface area (Å²) in [6.07, 6.45) is 0.353. The van der Waals surface area contributed by atoms with Crippen LogP contribution < -0.4 is 5.32 Å². The molecule has 0 aliphatic heterocycles. The smallest absolute Gasteiger partial charge is 0.408 e. The van der Waals surface area contributed by atoms with Crippen LogP contribution >= 0.6 is 13.5 Å². The minimum Gasteiger partial charge on any atom is -0.480 e. The fraction of sp³-hybridized carbons (Fsp3) is 0.385. The number of carbonyl (C=O) groups is 2. The van der Waals surface area contributed by atoms with Gasteiger partial charge in [-0.05, 0) is 12.0 Å². The van der Waals surface area contributed by atoms with E-state index >= 15 is 0 Å². The van der Waals surface area contributed by atoms with Crippen LogP contribution in [0.4, 0.5) is 4.79 Å². The summed E-state index contributed by atoms with van der Waals surface area (Å²) in [6, 6.07) is 8.31. The molecule has 0 unspecified atom stereocenters. The molecule has 1 amide bonds. The van der Waals surface area contributed by atoms with Gasteiger partial charge in [0.15, 0.2) is 0 Å². The number of ether oxygens (including phenoxy) is 1. The molecule has 5 nitrogen and oxygen atoms in total. The Morgan fingerprint density at radius 1 is 1.32 bits per heavy atom. The summed E-state index contributed by atoms with van der Waals surface area (Å²) in [4.78, 5) is 22.2. The molecule has 106 valence electrons. The molecule has 0 aromatic heterocycles. The van der Waals surface area contributed by atoms with Crippen molar-refractivity contribution in [1.82, 2.24) is 5.32 Å². The Balaban J connectivity index is 0.00000324. The zero-order valence-corrected chi connectivity index (χ0v) is 11.8. The monoisotopic (exact) mass is 285 g/mol. The predicted octanol–water partition coefficient (Wildman–Crippen LogP) is 2.28. The lowest BCUT2D eigenvalue weighted by Crippen LogP contribution is -2.40.